The summed E-state index contributed by atoms with van der Waals surface area (Å²) in [7, 11) is 0. The fourth-order valence-corrected chi connectivity index (χ4v) is 2.66. The Balaban J connectivity index is 1.89. The molecule has 1 fully saturated rings. The molecule has 1 heterocycles. The number of hydrazine groups is 1. The smallest absolute Gasteiger partial charge is 0.238 e. The highest BCUT2D eigenvalue weighted by atomic mass is 32.1. The van der Waals surface area contributed by atoms with Gasteiger partial charge in [-0.3, -0.25) is 15.6 Å². The van der Waals surface area contributed by atoms with Crippen LogP contribution in [0.4, 0.5) is 0 Å². The van der Waals surface area contributed by atoms with Crippen molar-refractivity contribution in [1.82, 2.24) is 16.2 Å². The first-order valence-electron chi connectivity index (χ1n) is 8.77. The number of hydrogen-bond acceptors (Lipinski definition) is 3. The Morgan fingerprint density at radius 2 is 1.91 bits per heavy atom. The minimum atomic E-state index is -0.0158. The van der Waals surface area contributed by atoms with Crippen LogP contribution in [0.15, 0.2) is 12.7 Å². The molecule has 1 saturated heterocycles. The lowest BCUT2D eigenvalue weighted by Gasteiger charge is -2.14. The quantitative estimate of drug-likeness (QED) is 0.233. The molecule has 132 valence electrons. The average molecular weight is 342 g/mol. The number of nitrogens with one attached hydrogen (secondary N) is 3. The first kappa shape index (κ1) is 19.9. The number of amides is 1. The monoisotopic (exact) mass is 341 g/mol. The summed E-state index contributed by atoms with van der Waals surface area (Å²) in [5.41, 5.74) is 5.37. The fraction of sp³-hybridized carbons (Fsp3) is 0.765. The SMILES string of the molecule is C=CCCCCCCCCC(=O)NNC(=S)NCC1CCCO1. The summed E-state index contributed by atoms with van der Waals surface area (Å²) in [4.78, 5) is 11.7. The number of carbonyl (C=O) groups is 1. The highest BCUT2D eigenvalue weighted by Gasteiger charge is 2.15. The minimum Gasteiger partial charge on any atom is -0.376 e. The van der Waals surface area contributed by atoms with E-state index in [4.69, 9.17) is 17.0 Å². The van der Waals surface area contributed by atoms with Crippen molar-refractivity contribution in [3.05, 3.63) is 12.7 Å². The van der Waals surface area contributed by atoms with Gasteiger partial charge in [-0.2, -0.15) is 0 Å². The summed E-state index contributed by atoms with van der Waals surface area (Å²) in [5, 5.41) is 3.50. The molecule has 5 nitrogen and oxygen atoms in total. The van der Waals surface area contributed by atoms with Crippen molar-refractivity contribution >= 4 is 23.2 Å². The topological polar surface area (TPSA) is 62.4 Å². The zero-order chi connectivity index (χ0) is 16.8. The van der Waals surface area contributed by atoms with Gasteiger partial charge < -0.3 is 10.1 Å². The molecule has 0 aromatic carbocycles. The highest BCUT2D eigenvalue weighted by molar-refractivity contribution is 7.80. The number of allylic oxidation sites excluding steroid dienone is 1. The second-order valence-electron chi connectivity index (χ2n) is 5.97. The normalized spacial score (nSPS) is 16.8. The summed E-state index contributed by atoms with van der Waals surface area (Å²) in [6.45, 7) is 5.24. The molecular formula is C17H31N3O2S. The molecule has 0 saturated carbocycles. The van der Waals surface area contributed by atoms with Gasteiger partial charge in [0.15, 0.2) is 5.11 Å². The van der Waals surface area contributed by atoms with Crippen molar-refractivity contribution in [2.45, 2.75) is 70.3 Å². The zero-order valence-electron chi connectivity index (χ0n) is 14.1. The molecule has 0 bridgehead atoms. The van der Waals surface area contributed by atoms with Gasteiger partial charge in [0.1, 0.15) is 0 Å². The van der Waals surface area contributed by atoms with E-state index in [1.807, 2.05) is 6.08 Å². The van der Waals surface area contributed by atoms with Crippen LogP contribution in [0.2, 0.25) is 0 Å². The Bertz CT molecular complexity index is 358. The van der Waals surface area contributed by atoms with Crippen molar-refractivity contribution < 1.29 is 9.53 Å². The van der Waals surface area contributed by atoms with E-state index in [0.717, 1.165) is 38.7 Å². The molecule has 1 aliphatic rings. The van der Waals surface area contributed by atoms with E-state index < -0.39 is 0 Å². The highest BCUT2D eigenvalue weighted by Crippen LogP contribution is 2.10. The van der Waals surface area contributed by atoms with Gasteiger partial charge in [0, 0.05) is 19.6 Å². The summed E-state index contributed by atoms with van der Waals surface area (Å²) >= 11 is 5.11. The van der Waals surface area contributed by atoms with Gasteiger partial charge in [0.25, 0.3) is 0 Å². The summed E-state index contributed by atoms with van der Waals surface area (Å²) in [6.07, 6.45) is 13.0. The predicted octanol–water partition coefficient (Wildman–Crippen LogP) is 2.97. The second kappa shape index (κ2) is 13.3. The van der Waals surface area contributed by atoms with Gasteiger partial charge in [0.05, 0.1) is 6.10 Å². The predicted molar refractivity (Wildman–Crippen MR) is 98.0 cm³/mol. The standard InChI is InChI=1S/C17H31N3O2S/c1-2-3-4-5-6-7-8-9-12-16(21)19-20-17(23)18-14-15-11-10-13-22-15/h2,15H,1,3-14H2,(H,19,21)(H2,18,20,23). The van der Waals surface area contributed by atoms with Crippen LogP contribution in [0, 0.1) is 0 Å². The van der Waals surface area contributed by atoms with E-state index >= 15 is 0 Å². The maximum absolute atomic E-state index is 11.7. The molecule has 1 amide bonds. The van der Waals surface area contributed by atoms with Gasteiger partial charge in [-0.25, -0.2) is 0 Å². The molecule has 1 atom stereocenters. The van der Waals surface area contributed by atoms with Crippen LogP contribution >= 0.6 is 12.2 Å². The van der Waals surface area contributed by atoms with Crippen molar-refractivity contribution in [1.29, 1.82) is 0 Å². The Hall–Kier alpha value is -1.14. The van der Waals surface area contributed by atoms with E-state index in [0.29, 0.717) is 18.1 Å². The molecule has 1 aliphatic heterocycles. The zero-order valence-corrected chi connectivity index (χ0v) is 14.9. The molecule has 0 aliphatic carbocycles. The van der Waals surface area contributed by atoms with E-state index in [2.05, 4.69) is 22.7 Å². The van der Waals surface area contributed by atoms with E-state index in [1.165, 1.54) is 25.7 Å². The van der Waals surface area contributed by atoms with Crippen LogP contribution in [0.5, 0.6) is 0 Å². The molecule has 0 aromatic rings. The lowest BCUT2D eigenvalue weighted by molar-refractivity contribution is -0.121. The van der Waals surface area contributed by atoms with Gasteiger partial charge >= 0.3 is 0 Å². The molecule has 0 aromatic heterocycles. The summed E-state index contributed by atoms with van der Waals surface area (Å²) < 4.78 is 5.49. The Kier molecular flexibility index (Phi) is 11.5. The van der Waals surface area contributed by atoms with Gasteiger partial charge in [-0.1, -0.05) is 31.8 Å². The number of rotatable bonds is 11. The largest absolute Gasteiger partial charge is 0.376 e. The molecule has 1 unspecified atom stereocenters. The molecule has 1 rings (SSSR count). The summed E-state index contributed by atoms with van der Waals surface area (Å²) in [6, 6.07) is 0. The number of carbonyl (C=O) groups excluding carboxylic acids is 1. The third-order valence-corrected chi connectivity index (χ3v) is 4.14. The van der Waals surface area contributed by atoms with Crippen LogP contribution in [0.1, 0.15) is 64.2 Å². The molecule has 3 N–H and O–H groups in total. The second-order valence-corrected chi connectivity index (χ2v) is 6.38. The first-order valence-corrected chi connectivity index (χ1v) is 9.18. The maximum Gasteiger partial charge on any atom is 0.238 e. The van der Waals surface area contributed by atoms with Crippen LogP contribution in [0.3, 0.4) is 0 Å². The lowest BCUT2D eigenvalue weighted by Crippen LogP contribution is -2.48. The van der Waals surface area contributed by atoms with Gasteiger partial charge in [-0.15, -0.1) is 6.58 Å². The molecule has 0 radical (unpaired) electrons. The Morgan fingerprint density at radius 1 is 1.17 bits per heavy atom. The molecular weight excluding hydrogens is 310 g/mol. The lowest BCUT2D eigenvalue weighted by atomic mass is 10.1. The van der Waals surface area contributed by atoms with E-state index in [1.54, 1.807) is 0 Å². The minimum absolute atomic E-state index is 0.0158. The van der Waals surface area contributed by atoms with E-state index in [-0.39, 0.29) is 12.0 Å². The van der Waals surface area contributed by atoms with Crippen LogP contribution in [0.25, 0.3) is 0 Å². The number of ether oxygens (including phenoxy) is 1. The van der Waals surface area contributed by atoms with E-state index in [9.17, 15) is 4.79 Å². The first-order chi connectivity index (χ1) is 11.2. The number of thiocarbonyl (C=S) groups is 1. The summed E-state index contributed by atoms with van der Waals surface area (Å²) in [5.74, 6) is -0.0158. The third kappa shape index (κ3) is 11.1. The fourth-order valence-electron chi connectivity index (χ4n) is 2.53. The number of hydrogen-bond donors (Lipinski definition) is 3. The maximum atomic E-state index is 11.7. The molecule has 6 heteroatoms. The Labute approximate surface area is 145 Å². The van der Waals surface area contributed by atoms with Crippen molar-refractivity contribution in [3.63, 3.8) is 0 Å². The molecule has 23 heavy (non-hydrogen) atoms. The van der Waals surface area contributed by atoms with Gasteiger partial charge in [0.2, 0.25) is 5.91 Å². The van der Waals surface area contributed by atoms with Crippen LogP contribution in [-0.2, 0) is 9.53 Å². The molecule has 0 spiro atoms. The van der Waals surface area contributed by atoms with Crippen LogP contribution in [-0.4, -0.2) is 30.3 Å². The number of unbranched alkanes of at least 4 members (excludes halogenated alkanes) is 6. The van der Waals surface area contributed by atoms with Crippen LogP contribution < -0.4 is 16.2 Å². The van der Waals surface area contributed by atoms with Crippen molar-refractivity contribution in [2.24, 2.45) is 0 Å². The average Bonchev–Trinajstić information content (AvgIpc) is 3.07. The van der Waals surface area contributed by atoms with Crippen molar-refractivity contribution in [3.8, 4) is 0 Å². The van der Waals surface area contributed by atoms with Crippen molar-refractivity contribution in [2.75, 3.05) is 13.2 Å². The Morgan fingerprint density at radius 3 is 2.61 bits per heavy atom. The third-order valence-electron chi connectivity index (χ3n) is 3.89. The van der Waals surface area contributed by atoms with Gasteiger partial charge in [-0.05, 0) is 44.3 Å².